The SMILES string of the molecule is COCCOCCOCCOCCC1(CCOCCOCCOCCOC)c2ccccc2-c2ccc(B3OC(C)(C)C(C)(C)O3)cc21. The Morgan fingerprint density at radius 2 is 0.917 bits per heavy atom. The van der Waals surface area contributed by atoms with E-state index < -0.39 is 18.3 Å². The van der Waals surface area contributed by atoms with Crippen molar-refractivity contribution < 1.29 is 47.2 Å². The Bertz CT molecular complexity index is 1180. The van der Waals surface area contributed by atoms with Gasteiger partial charge in [0.1, 0.15) is 0 Å². The summed E-state index contributed by atoms with van der Waals surface area (Å²) in [7, 11) is 2.88. The smallest absolute Gasteiger partial charge is 0.399 e. The van der Waals surface area contributed by atoms with Crippen LogP contribution >= 0.6 is 0 Å². The summed E-state index contributed by atoms with van der Waals surface area (Å²) in [6.07, 6.45) is 1.59. The first-order valence-corrected chi connectivity index (χ1v) is 17.3. The van der Waals surface area contributed by atoms with Gasteiger partial charge in [0.05, 0.1) is 90.5 Å². The normalized spacial score (nSPS) is 17.2. The Balaban J connectivity index is 1.42. The summed E-state index contributed by atoms with van der Waals surface area (Å²) in [6, 6.07) is 15.4. The molecular weight excluding hydrogens is 615 g/mol. The first kappa shape index (κ1) is 38.9. The molecule has 48 heavy (non-hydrogen) atoms. The van der Waals surface area contributed by atoms with Crippen molar-refractivity contribution >= 4 is 12.6 Å². The van der Waals surface area contributed by atoms with Gasteiger partial charge in [0, 0.05) is 32.8 Å². The molecule has 2 aromatic rings. The molecule has 1 saturated heterocycles. The molecule has 0 aromatic heterocycles. The lowest BCUT2D eigenvalue weighted by molar-refractivity contribution is -0.00195. The van der Waals surface area contributed by atoms with Crippen LogP contribution in [0.25, 0.3) is 11.1 Å². The van der Waals surface area contributed by atoms with Crippen molar-refractivity contribution in [2.75, 3.05) is 107 Å². The third-order valence-corrected chi connectivity index (χ3v) is 9.52. The maximum atomic E-state index is 6.47. The van der Waals surface area contributed by atoms with Crippen molar-refractivity contribution in [2.24, 2.45) is 0 Å². The zero-order valence-electron chi connectivity index (χ0n) is 30.0. The topological polar surface area (TPSA) is 92.3 Å². The highest BCUT2D eigenvalue weighted by Crippen LogP contribution is 2.52. The van der Waals surface area contributed by atoms with Gasteiger partial charge in [-0.1, -0.05) is 42.5 Å². The van der Waals surface area contributed by atoms with Crippen molar-refractivity contribution in [3.8, 4) is 11.1 Å². The highest BCUT2D eigenvalue weighted by molar-refractivity contribution is 6.62. The lowest BCUT2D eigenvalue weighted by Gasteiger charge is -2.33. The predicted octanol–water partition coefficient (Wildman–Crippen LogP) is 4.42. The Morgan fingerprint density at radius 3 is 1.40 bits per heavy atom. The summed E-state index contributed by atoms with van der Waals surface area (Å²) >= 11 is 0. The third kappa shape index (κ3) is 10.3. The van der Waals surface area contributed by atoms with Gasteiger partial charge in [0.15, 0.2) is 0 Å². The average Bonchev–Trinajstić information content (AvgIpc) is 3.47. The molecule has 0 saturated carbocycles. The van der Waals surface area contributed by atoms with Crippen molar-refractivity contribution in [1.29, 1.82) is 0 Å². The molecule has 0 radical (unpaired) electrons. The van der Waals surface area contributed by atoms with Crippen LogP contribution in [0.1, 0.15) is 51.7 Å². The molecule has 11 heteroatoms. The van der Waals surface area contributed by atoms with E-state index in [1.807, 2.05) is 0 Å². The average molecular weight is 673 g/mol. The number of fused-ring (bicyclic) bond motifs is 3. The van der Waals surface area contributed by atoms with Gasteiger partial charge in [-0.25, -0.2) is 0 Å². The number of rotatable bonds is 25. The fourth-order valence-corrected chi connectivity index (χ4v) is 6.12. The minimum Gasteiger partial charge on any atom is -0.399 e. The van der Waals surface area contributed by atoms with E-state index in [-0.39, 0.29) is 5.41 Å². The van der Waals surface area contributed by atoms with Gasteiger partial charge >= 0.3 is 7.12 Å². The second-order valence-electron chi connectivity index (χ2n) is 13.2. The van der Waals surface area contributed by atoms with Crippen LogP contribution in [0.5, 0.6) is 0 Å². The molecule has 1 fully saturated rings. The number of hydrogen-bond donors (Lipinski definition) is 0. The van der Waals surface area contributed by atoms with Gasteiger partial charge in [-0.3, -0.25) is 0 Å². The van der Waals surface area contributed by atoms with Crippen molar-refractivity contribution in [3.63, 3.8) is 0 Å². The number of methoxy groups -OCH3 is 2. The molecule has 1 aliphatic carbocycles. The van der Waals surface area contributed by atoms with Crippen molar-refractivity contribution in [1.82, 2.24) is 0 Å². The van der Waals surface area contributed by atoms with Crippen molar-refractivity contribution in [2.45, 2.75) is 57.2 Å². The van der Waals surface area contributed by atoms with Gasteiger partial charge in [-0.2, -0.15) is 0 Å². The van der Waals surface area contributed by atoms with Crippen LogP contribution in [0.3, 0.4) is 0 Å². The summed E-state index contributed by atoms with van der Waals surface area (Å²) in [6.45, 7) is 16.0. The predicted molar refractivity (Wildman–Crippen MR) is 186 cm³/mol. The van der Waals surface area contributed by atoms with Gasteiger partial charge in [-0.15, -0.1) is 0 Å². The van der Waals surface area contributed by atoms with Crippen LogP contribution in [0, 0.1) is 0 Å². The lowest BCUT2D eigenvalue weighted by Crippen LogP contribution is -2.41. The Labute approximate surface area is 288 Å². The summed E-state index contributed by atoms with van der Waals surface area (Å²) in [5, 5.41) is 0. The third-order valence-electron chi connectivity index (χ3n) is 9.52. The molecule has 268 valence electrons. The Morgan fingerprint density at radius 1 is 0.500 bits per heavy atom. The number of ether oxygens (including phenoxy) is 8. The first-order valence-electron chi connectivity index (χ1n) is 17.3. The van der Waals surface area contributed by atoms with E-state index >= 15 is 0 Å². The van der Waals surface area contributed by atoms with E-state index in [1.165, 1.54) is 22.3 Å². The number of benzene rings is 2. The van der Waals surface area contributed by atoms with Gasteiger partial charge in [0.2, 0.25) is 0 Å². The fourth-order valence-electron chi connectivity index (χ4n) is 6.12. The van der Waals surface area contributed by atoms with Crippen LogP contribution < -0.4 is 5.46 Å². The lowest BCUT2D eigenvalue weighted by atomic mass is 9.70. The summed E-state index contributed by atoms with van der Waals surface area (Å²) in [4.78, 5) is 0. The van der Waals surface area contributed by atoms with Crippen LogP contribution in [0.2, 0.25) is 0 Å². The molecule has 2 aliphatic rings. The van der Waals surface area contributed by atoms with E-state index in [2.05, 4.69) is 70.2 Å². The van der Waals surface area contributed by atoms with Gasteiger partial charge in [-0.05, 0) is 68.3 Å². The quantitative estimate of drug-likeness (QED) is 0.112. The van der Waals surface area contributed by atoms with E-state index in [0.29, 0.717) is 92.5 Å². The van der Waals surface area contributed by atoms with E-state index in [4.69, 9.17) is 47.2 Å². The number of hydrogen-bond acceptors (Lipinski definition) is 10. The van der Waals surface area contributed by atoms with Crippen LogP contribution in [-0.4, -0.2) is 125 Å². The van der Waals surface area contributed by atoms with E-state index in [0.717, 1.165) is 18.3 Å². The van der Waals surface area contributed by atoms with Gasteiger partial charge < -0.3 is 47.2 Å². The molecule has 0 spiro atoms. The highest BCUT2D eigenvalue weighted by Gasteiger charge is 2.52. The molecular formula is C37H57BO10. The maximum absolute atomic E-state index is 6.47. The van der Waals surface area contributed by atoms with Crippen LogP contribution in [0.15, 0.2) is 42.5 Å². The zero-order valence-corrected chi connectivity index (χ0v) is 30.0. The van der Waals surface area contributed by atoms with Crippen LogP contribution in [0.4, 0.5) is 0 Å². The molecule has 4 rings (SSSR count). The summed E-state index contributed by atoms with van der Waals surface area (Å²) < 4.78 is 57.7. The van der Waals surface area contributed by atoms with Gasteiger partial charge in [0.25, 0.3) is 0 Å². The molecule has 1 aliphatic heterocycles. The summed E-state index contributed by atoms with van der Waals surface area (Å²) in [5.41, 5.74) is 4.92. The zero-order chi connectivity index (χ0) is 34.3. The molecule has 2 aromatic carbocycles. The fraction of sp³-hybridized carbons (Fsp3) is 0.676. The van der Waals surface area contributed by atoms with Crippen molar-refractivity contribution in [3.05, 3.63) is 53.6 Å². The first-order chi connectivity index (χ1) is 23.3. The largest absolute Gasteiger partial charge is 0.494 e. The van der Waals surface area contributed by atoms with Crippen LogP contribution in [-0.2, 0) is 52.6 Å². The molecule has 0 unspecified atom stereocenters. The molecule has 1 heterocycles. The maximum Gasteiger partial charge on any atom is 0.494 e. The Hall–Kier alpha value is -1.90. The second-order valence-corrected chi connectivity index (χ2v) is 13.2. The van der Waals surface area contributed by atoms with E-state index in [1.54, 1.807) is 14.2 Å². The highest BCUT2D eigenvalue weighted by atomic mass is 16.7. The molecule has 0 bridgehead atoms. The summed E-state index contributed by atoms with van der Waals surface area (Å²) in [5.74, 6) is 0. The molecule has 10 nitrogen and oxygen atoms in total. The minimum absolute atomic E-state index is 0.308. The minimum atomic E-state index is -0.444. The second kappa shape index (κ2) is 19.5. The van der Waals surface area contributed by atoms with E-state index in [9.17, 15) is 0 Å². The molecule has 0 amide bonds. The Kier molecular flexibility index (Phi) is 15.8. The molecule has 0 atom stereocenters. The molecule has 0 N–H and O–H groups in total. The standard InChI is InChI=1S/C37H57BO10/c1-35(2)36(3,4)48-38(47-35)30-11-12-32-31-9-7-8-10-33(31)37(34(32)29-30,13-15-41-21-23-45-27-25-43-19-17-39-5)14-16-42-22-24-46-28-26-44-20-18-40-6/h7-12,29H,13-28H2,1-6H3. The monoisotopic (exact) mass is 672 g/mol.